The van der Waals surface area contributed by atoms with Gasteiger partial charge in [0.1, 0.15) is 12.4 Å². The van der Waals surface area contributed by atoms with Gasteiger partial charge in [-0.3, -0.25) is 0 Å². The first-order valence-electron chi connectivity index (χ1n) is 10.5. The zero-order valence-corrected chi connectivity index (χ0v) is 16.7. The van der Waals surface area contributed by atoms with E-state index in [4.69, 9.17) is 4.74 Å². The standard InChI is InChI=1S/C29H22O/c1-2-11-25(12-3-1)29(26-17-16-21-8-4-5-10-23(21)18-26)19-24-15-14-22-9-6-7-13-27(22)28(24)30-20-29/h1-18H,19-20H2. The summed E-state index contributed by atoms with van der Waals surface area (Å²) < 4.78 is 6.57. The maximum atomic E-state index is 6.57. The van der Waals surface area contributed by atoms with Crippen molar-refractivity contribution in [1.29, 1.82) is 0 Å². The van der Waals surface area contributed by atoms with Crippen molar-refractivity contribution >= 4 is 21.5 Å². The second-order valence-corrected chi connectivity index (χ2v) is 8.25. The van der Waals surface area contributed by atoms with Gasteiger partial charge in [-0.1, -0.05) is 109 Å². The van der Waals surface area contributed by atoms with E-state index < -0.39 is 0 Å². The average molecular weight is 386 g/mol. The molecule has 0 saturated heterocycles. The fraction of sp³-hybridized carbons (Fsp3) is 0.103. The fourth-order valence-corrected chi connectivity index (χ4v) is 4.95. The minimum Gasteiger partial charge on any atom is -0.491 e. The van der Waals surface area contributed by atoms with Crippen LogP contribution in [0.15, 0.2) is 109 Å². The summed E-state index contributed by atoms with van der Waals surface area (Å²) in [6.45, 7) is 0.635. The number of hydrogen-bond acceptors (Lipinski definition) is 1. The van der Waals surface area contributed by atoms with Crippen LogP contribution >= 0.6 is 0 Å². The van der Waals surface area contributed by atoms with Crippen LogP contribution in [0.5, 0.6) is 5.75 Å². The Labute approximate surface area is 176 Å². The van der Waals surface area contributed by atoms with Crippen LogP contribution in [0.3, 0.4) is 0 Å². The second kappa shape index (κ2) is 6.74. The SMILES string of the molecule is c1ccc(C2(c3ccc4ccccc4c3)COc3c(ccc4ccccc34)C2)cc1. The van der Waals surface area contributed by atoms with Crippen LogP contribution in [0.1, 0.15) is 16.7 Å². The van der Waals surface area contributed by atoms with E-state index in [0.29, 0.717) is 6.61 Å². The molecule has 0 amide bonds. The van der Waals surface area contributed by atoms with Gasteiger partial charge in [-0.2, -0.15) is 0 Å². The monoisotopic (exact) mass is 386 g/mol. The molecule has 0 saturated carbocycles. The quantitative estimate of drug-likeness (QED) is 0.320. The largest absolute Gasteiger partial charge is 0.491 e. The zero-order valence-electron chi connectivity index (χ0n) is 16.7. The first kappa shape index (κ1) is 17.3. The smallest absolute Gasteiger partial charge is 0.130 e. The first-order chi connectivity index (χ1) is 14.8. The molecule has 0 aliphatic carbocycles. The summed E-state index contributed by atoms with van der Waals surface area (Å²) in [5, 5.41) is 4.98. The van der Waals surface area contributed by atoms with Crippen molar-refractivity contribution in [2.24, 2.45) is 0 Å². The van der Waals surface area contributed by atoms with E-state index >= 15 is 0 Å². The van der Waals surface area contributed by atoms with Gasteiger partial charge in [0.05, 0.1) is 5.41 Å². The highest BCUT2D eigenvalue weighted by Crippen LogP contribution is 2.45. The van der Waals surface area contributed by atoms with E-state index in [1.54, 1.807) is 0 Å². The summed E-state index contributed by atoms with van der Waals surface area (Å²) >= 11 is 0. The average Bonchev–Trinajstić information content (AvgIpc) is 2.83. The molecule has 30 heavy (non-hydrogen) atoms. The second-order valence-electron chi connectivity index (χ2n) is 8.25. The van der Waals surface area contributed by atoms with Crippen LogP contribution < -0.4 is 4.74 Å². The molecule has 1 aliphatic heterocycles. The lowest BCUT2D eigenvalue weighted by Crippen LogP contribution is -2.40. The molecule has 0 N–H and O–H groups in total. The van der Waals surface area contributed by atoms with E-state index in [-0.39, 0.29) is 5.41 Å². The van der Waals surface area contributed by atoms with Gasteiger partial charge in [0, 0.05) is 5.39 Å². The molecule has 144 valence electrons. The highest BCUT2D eigenvalue weighted by atomic mass is 16.5. The summed E-state index contributed by atoms with van der Waals surface area (Å²) in [6.07, 6.45) is 0.926. The molecule has 1 heteroatoms. The Morgan fingerprint density at radius 3 is 2.13 bits per heavy atom. The van der Waals surface area contributed by atoms with Gasteiger partial charge in [-0.25, -0.2) is 0 Å². The summed E-state index contributed by atoms with van der Waals surface area (Å²) in [5.41, 5.74) is 3.68. The van der Waals surface area contributed by atoms with E-state index in [9.17, 15) is 0 Å². The van der Waals surface area contributed by atoms with Crippen molar-refractivity contribution in [3.8, 4) is 5.75 Å². The number of benzene rings is 5. The highest BCUT2D eigenvalue weighted by Gasteiger charge is 2.40. The van der Waals surface area contributed by atoms with Crippen molar-refractivity contribution in [1.82, 2.24) is 0 Å². The van der Waals surface area contributed by atoms with Gasteiger partial charge in [0.15, 0.2) is 0 Å². The minimum absolute atomic E-state index is 0.208. The molecule has 0 radical (unpaired) electrons. The van der Waals surface area contributed by atoms with Crippen molar-refractivity contribution in [3.05, 3.63) is 126 Å². The number of fused-ring (bicyclic) bond motifs is 4. The van der Waals surface area contributed by atoms with Crippen LogP contribution in [0.25, 0.3) is 21.5 Å². The van der Waals surface area contributed by atoms with Gasteiger partial charge in [0.25, 0.3) is 0 Å². The fourth-order valence-electron chi connectivity index (χ4n) is 4.95. The topological polar surface area (TPSA) is 9.23 Å². The number of ether oxygens (including phenoxy) is 1. The van der Waals surface area contributed by atoms with Gasteiger partial charge in [-0.15, -0.1) is 0 Å². The lowest BCUT2D eigenvalue weighted by Gasteiger charge is -2.39. The predicted molar refractivity (Wildman–Crippen MR) is 124 cm³/mol. The Morgan fingerprint density at radius 1 is 0.567 bits per heavy atom. The Hall–Kier alpha value is -3.58. The van der Waals surface area contributed by atoms with Gasteiger partial charge in [0.2, 0.25) is 0 Å². The molecule has 1 atom stereocenters. The molecule has 1 unspecified atom stereocenters. The van der Waals surface area contributed by atoms with Crippen molar-refractivity contribution < 1.29 is 4.74 Å². The molecule has 1 nitrogen and oxygen atoms in total. The minimum atomic E-state index is -0.208. The third-order valence-electron chi connectivity index (χ3n) is 6.54. The Balaban J connectivity index is 1.56. The van der Waals surface area contributed by atoms with E-state index in [2.05, 4.69) is 109 Å². The van der Waals surface area contributed by atoms with Crippen LogP contribution in [0.2, 0.25) is 0 Å². The molecule has 0 aromatic heterocycles. The normalized spacial score (nSPS) is 18.1. The summed E-state index contributed by atoms with van der Waals surface area (Å²) in [6, 6.07) is 39.2. The maximum Gasteiger partial charge on any atom is 0.130 e. The Bertz CT molecular complexity index is 1370. The van der Waals surface area contributed by atoms with Gasteiger partial charge in [-0.05, 0) is 39.3 Å². The molecule has 0 bridgehead atoms. The Morgan fingerprint density at radius 2 is 1.27 bits per heavy atom. The molecule has 1 heterocycles. The van der Waals surface area contributed by atoms with Crippen LogP contribution in [0, 0.1) is 0 Å². The van der Waals surface area contributed by atoms with E-state index in [0.717, 1.165) is 12.2 Å². The van der Waals surface area contributed by atoms with Crippen molar-refractivity contribution in [2.45, 2.75) is 11.8 Å². The Kier molecular flexibility index (Phi) is 3.89. The summed E-state index contributed by atoms with van der Waals surface area (Å²) in [4.78, 5) is 0. The highest BCUT2D eigenvalue weighted by molar-refractivity contribution is 5.90. The lowest BCUT2D eigenvalue weighted by atomic mass is 9.69. The summed E-state index contributed by atoms with van der Waals surface area (Å²) in [7, 11) is 0. The molecule has 5 aromatic rings. The van der Waals surface area contributed by atoms with E-state index in [1.165, 1.54) is 38.2 Å². The van der Waals surface area contributed by atoms with Crippen molar-refractivity contribution in [2.75, 3.05) is 6.61 Å². The van der Waals surface area contributed by atoms with Crippen molar-refractivity contribution in [3.63, 3.8) is 0 Å². The first-order valence-corrected chi connectivity index (χ1v) is 10.5. The third kappa shape index (κ3) is 2.63. The van der Waals surface area contributed by atoms with E-state index in [1.807, 2.05) is 0 Å². The van der Waals surface area contributed by atoms with Gasteiger partial charge >= 0.3 is 0 Å². The molecular formula is C29H22O. The molecule has 6 rings (SSSR count). The molecular weight excluding hydrogens is 364 g/mol. The zero-order chi connectivity index (χ0) is 20.0. The van der Waals surface area contributed by atoms with Crippen LogP contribution in [0.4, 0.5) is 0 Å². The molecule has 0 fully saturated rings. The maximum absolute atomic E-state index is 6.57. The third-order valence-corrected chi connectivity index (χ3v) is 6.54. The lowest BCUT2D eigenvalue weighted by molar-refractivity contribution is 0.218. The predicted octanol–water partition coefficient (Wildman–Crippen LogP) is 6.91. The number of rotatable bonds is 2. The number of hydrogen-bond donors (Lipinski definition) is 0. The van der Waals surface area contributed by atoms with Crippen LogP contribution in [-0.2, 0) is 11.8 Å². The van der Waals surface area contributed by atoms with Gasteiger partial charge < -0.3 is 4.74 Å². The summed E-state index contributed by atoms with van der Waals surface area (Å²) in [5.74, 6) is 1.04. The van der Waals surface area contributed by atoms with Crippen LogP contribution in [-0.4, -0.2) is 6.61 Å². The molecule has 5 aromatic carbocycles. The molecule has 1 aliphatic rings. The molecule has 0 spiro atoms.